The molecule has 15 heavy (non-hydrogen) atoms. The zero-order valence-electron chi connectivity index (χ0n) is 9.74. The average molecular weight is 230 g/mol. The van der Waals surface area contributed by atoms with E-state index in [-0.39, 0.29) is 11.9 Å². The van der Waals surface area contributed by atoms with Gasteiger partial charge >= 0.3 is 0 Å². The summed E-state index contributed by atoms with van der Waals surface area (Å²) in [5, 5.41) is 0. The Kier molecular flexibility index (Phi) is 5.47. The largest absolute Gasteiger partial charge is 0.341 e. The molecule has 1 fully saturated rings. The van der Waals surface area contributed by atoms with Gasteiger partial charge in [-0.1, -0.05) is 0 Å². The van der Waals surface area contributed by atoms with E-state index < -0.39 is 0 Å². The lowest BCUT2D eigenvalue weighted by Gasteiger charge is -2.24. The fourth-order valence-corrected chi connectivity index (χ4v) is 2.08. The van der Waals surface area contributed by atoms with Crippen molar-refractivity contribution in [2.24, 2.45) is 11.7 Å². The van der Waals surface area contributed by atoms with Crippen LogP contribution in [-0.2, 0) is 4.79 Å². The molecule has 3 nitrogen and oxygen atoms in total. The number of amides is 1. The molecule has 1 atom stereocenters. The number of carbonyl (C=O) groups is 1. The molecular formula is C11H22N2OS. The molecule has 0 aromatic rings. The Labute approximate surface area is 96.8 Å². The van der Waals surface area contributed by atoms with Crippen molar-refractivity contribution in [3.63, 3.8) is 0 Å². The van der Waals surface area contributed by atoms with Crippen LogP contribution in [0.15, 0.2) is 0 Å². The van der Waals surface area contributed by atoms with Crippen molar-refractivity contribution in [1.29, 1.82) is 0 Å². The Morgan fingerprint density at radius 2 is 2.27 bits per heavy atom. The number of carbonyl (C=O) groups excluding carboxylic acids is 1. The molecule has 0 saturated heterocycles. The van der Waals surface area contributed by atoms with Gasteiger partial charge in [0.1, 0.15) is 0 Å². The second kappa shape index (κ2) is 6.38. The Morgan fingerprint density at radius 1 is 1.60 bits per heavy atom. The third kappa shape index (κ3) is 4.43. The van der Waals surface area contributed by atoms with Crippen LogP contribution in [0.4, 0.5) is 0 Å². The van der Waals surface area contributed by atoms with Crippen LogP contribution in [0.3, 0.4) is 0 Å². The van der Waals surface area contributed by atoms with Crippen LogP contribution in [0, 0.1) is 5.92 Å². The van der Waals surface area contributed by atoms with Gasteiger partial charge in [-0.25, -0.2) is 0 Å². The summed E-state index contributed by atoms with van der Waals surface area (Å²) in [6.07, 6.45) is 5.40. The highest BCUT2D eigenvalue weighted by Crippen LogP contribution is 2.29. The van der Waals surface area contributed by atoms with Crippen molar-refractivity contribution in [3.8, 4) is 0 Å². The molecule has 0 aliphatic heterocycles. The average Bonchev–Trinajstić information content (AvgIpc) is 3.05. The summed E-state index contributed by atoms with van der Waals surface area (Å²) in [5.41, 5.74) is 5.87. The van der Waals surface area contributed by atoms with Gasteiger partial charge in [-0.2, -0.15) is 11.8 Å². The Morgan fingerprint density at radius 3 is 2.73 bits per heavy atom. The van der Waals surface area contributed by atoms with E-state index >= 15 is 0 Å². The topological polar surface area (TPSA) is 46.3 Å². The number of hydrogen-bond acceptors (Lipinski definition) is 3. The first kappa shape index (κ1) is 12.8. The SMILES string of the molecule is CCN(CC1CC1)C(=O)[C@@H](N)CCSC. The molecule has 1 saturated carbocycles. The van der Waals surface area contributed by atoms with Crippen LogP contribution in [0.5, 0.6) is 0 Å². The van der Waals surface area contributed by atoms with Crippen LogP contribution in [0.2, 0.25) is 0 Å². The van der Waals surface area contributed by atoms with Crippen molar-refractivity contribution in [1.82, 2.24) is 4.90 Å². The highest BCUT2D eigenvalue weighted by molar-refractivity contribution is 7.98. The van der Waals surface area contributed by atoms with Crippen molar-refractivity contribution in [3.05, 3.63) is 0 Å². The summed E-state index contributed by atoms with van der Waals surface area (Å²) in [6, 6.07) is -0.295. The minimum atomic E-state index is -0.295. The fourth-order valence-electron chi connectivity index (χ4n) is 1.59. The second-order valence-corrected chi connectivity index (χ2v) is 5.19. The number of likely N-dealkylation sites (N-methyl/N-ethyl adjacent to an activating group) is 1. The van der Waals surface area contributed by atoms with Crippen molar-refractivity contribution in [2.75, 3.05) is 25.1 Å². The standard InChI is InChI=1S/C11H22N2OS/c1-3-13(8-9-4-5-9)11(14)10(12)6-7-15-2/h9-10H,3-8,12H2,1-2H3/t10-/m0/s1. The van der Waals surface area contributed by atoms with Gasteiger partial charge in [0.15, 0.2) is 0 Å². The zero-order valence-corrected chi connectivity index (χ0v) is 10.6. The minimum absolute atomic E-state index is 0.137. The fraction of sp³-hybridized carbons (Fsp3) is 0.909. The summed E-state index contributed by atoms with van der Waals surface area (Å²) >= 11 is 1.74. The molecule has 0 heterocycles. The van der Waals surface area contributed by atoms with Crippen LogP contribution >= 0.6 is 11.8 Å². The maximum absolute atomic E-state index is 11.9. The molecule has 0 aromatic carbocycles. The van der Waals surface area contributed by atoms with E-state index in [2.05, 4.69) is 0 Å². The summed E-state index contributed by atoms with van der Waals surface area (Å²) in [7, 11) is 0. The van der Waals surface area contributed by atoms with Crippen molar-refractivity contribution >= 4 is 17.7 Å². The summed E-state index contributed by atoms with van der Waals surface area (Å²) < 4.78 is 0. The highest BCUT2D eigenvalue weighted by Gasteiger charge is 2.27. The third-order valence-corrected chi connectivity index (χ3v) is 3.46. The quantitative estimate of drug-likeness (QED) is 0.717. The highest BCUT2D eigenvalue weighted by atomic mass is 32.2. The first-order valence-electron chi connectivity index (χ1n) is 5.72. The second-order valence-electron chi connectivity index (χ2n) is 4.21. The predicted molar refractivity (Wildman–Crippen MR) is 66.0 cm³/mol. The summed E-state index contributed by atoms with van der Waals surface area (Å²) in [5.74, 6) is 1.86. The molecule has 2 N–H and O–H groups in total. The molecule has 0 bridgehead atoms. The third-order valence-electron chi connectivity index (χ3n) is 2.82. The van der Waals surface area contributed by atoms with Gasteiger partial charge in [0.2, 0.25) is 5.91 Å². The molecule has 0 spiro atoms. The lowest BCUT2D eigenvalue weighted by atomic mass is 10.2. The van der Waals surface area contributed by atoms with Gasteiger partial charge in [0, 0.05) is 13.1 Å². The van der Waals surface area contributed by atoms with Crippen LogP contribution < -0.4 is 5.73 Å². The number of nitrogens with two attached hydrogens (primary N) is 1. The number of hydrogen-bond donors (Lipinski definition) is 1. The lowest BCUT2D eigenvalue weighted by molar-refractivity contribution is -0.132. The van der Waals surface area contributed by atoms with E-state index in [1.165, 1.54) is 12.8 Å². The molecule has 0 unspecified atom stereocenters. The zero-order chi connectivity index (χ0) is 11.3. The van der Waals surface area contributed by atoms with E-state index in [4.69, 9.17) is 5.73 Å². The van der Waals surface area contributed by atoms with Crippen LogP contribution in [-0.4, -0.2) is 41.9 Å². The molecular weight excluding hydrogens is 208 g/mol. The van der Waals surface area contributed by atoms with E-state index in [1.54, 1.807) is 11.8 Å². The molecule has 1 rings (SSSR count). The molecule has 1 aliphatic rings. The molecule has 1 aliphatic carbocycles. The Balaban J connectivity index is 2.32. The van der Waals surface area contributed by atoms with E-state index in [0.29, 0.717) is 0 Å². The first-order chi connectivity index (χ1) is 7.19. The molecule has 88 valence electrons. The van der Waals surface area contributed by atoms with E-state index in [9.17, 15) is 4.79 Å². The lowest BCUT2D eigenvalue weighted by Crippen LogP contribution is -2.44. The maximum Gasteiger partial charge on any atom is 0.239 e. The normalized spacial score (nSPS) is 17.5. The van der Waals surface area contributed by atoms with Gasteiger partial charge < -0.3 is 10.6 Å². The summed E-state index contributed by atoms with van der Waals surface area (Å²) in [6.45, 7) is 3.74. The number of thioether (sulfide) groups is 1. The van der Waals surface area contributed by atoms with Gasteiger partial charge in [0.25, 0.3) is 0 Å². The maximum atomic E-state index is 11.9. The van der Waals surface area contributed by atoms with E-state index in [1.807, 2.05) is 18.1 Å². The van der Waals surface area contributed by atoms with Crippen LogP contribution in [0.25, 0.3) is 0 Å². The van der Waals surface area contributed by atoms with Gasteiger partial charge in [-0.3, -0.25) is 4.79 Å². The molecule has 0 radical (unpaired) electrons. The molecule has 4 heteroatoms. The number of rotatable bonds is 7. The molecule has 0 aromatic heterocycles. The smallest absolute Gasteiger partial charge is 0.239 e. The Bertz CT molecular complexity index is 207. The first-order valence-corrected chi connectivity index (χ1v) is 7.11. The molecule has 1 amide bonds. The van der Waals surface area contributed by atoms with Crippen molar-refractivity contribution in [2.45, 2.75) is 32.2 Å². The monoisotopic (exact) mass is 230 g/mol. The summed E-state index contributed by atoms with van der Waals surface area (Å²) in [4.78, 5) is 13.9. The van der Waals surface area contributed by atoms with Crippen LogP contribution in [0.1, 0.15) is 26.2 Å². The minimum Gasteiger partial charge on any atom is -0.341 e. The van der Waals surface area contributed by atoms with E-state index in [0.717, 1.165) is 31.2 Å². The number of nitrogens with zero attached hydrogens (tertiary/aromatic N) is 1. The predicted octanol–water partition coefficient (Wildman–Crippen LogP) is 1.33. The Hall–Kier alpha value is -0.220. The van der Waals surface area contributed by atoms with Gasteiger partial charge in [0.05, 0.1) is 6.04 Å². The van der Waals surface area contributed by atoms with Gasteiger partial charge in [-0.15, -0.1) is 0 Å². The van der Waals surface area contributed by atoms with Crippen molar-refractivity contribution < 1.29 is 4.79 Å². The van der Waals surface area contributed by atoms with Gasteiger partial charge in [-0.05, 0) is 44.1 Å².